The molecule has 0 saturated heterocycles. The van der Waals surface area contributed by atoms with Gasteiger partial charge in [-0.2, -0.15) is 0 Å². The van der Waals surface area contributed by atoms with Gasteiger partial charge in [0.2, 0.25) is 0 Å². The average molecular weight is 349 g/mol. The highest BCUT2D eigenvalue weighted by atomic mass is 14.9. The van der Waals surface area contributed by atoms with Crippen LogP contribution in [-0.4, -0.2) is 10.7 Å². The van der Waals surface area contributed by atoms with Crippen molar-refractivity contribution in [1.82, 2.24) is 4.98 Å². The highest BCUT2D eigenvalue weighted by Crippen LogP contribution is 2.53. The molecule has 0 amide bonds. The number of anilines is 1. The lowest BCUT2D eigenvalue weighted by molar-refractivity contribution is 0.607. The molecule has 0 radical (unpaired) electrons. The predicted octanol–water partition coefficient (Wildman–Crippen LogP) is 5.45. The Kier molecular flexibility index (Phi) is 2.92. The summed E-state index contributed by atoms with van der Waals surface area (Å²) in [6.45, 7) is 0. The summed E-state index contributed by atoms with van der Waals surface area (Å²) in [6, 6.07) is 23.6. The summed E-state index contributed by atoms with van der Waals surface area (Å²) < 4.78 is 0. The zero-order valence-electron chi connectivity index (χ0n) is 14.8. The molecule has 3 aromatic carbocycles. The van der Waals surface area contributed by atoms with E-state index < -0.39 is 0 Å². The third-order valence-corrected chi connectivity index (χ3v) is 6.04. The van der Waals surface area contributed by atoms with E-state index >= 15 is 0 Å². The van der Waals surface area contributed by atoms with Crippen molar-refractivity contribution < 1.29 is 0 Å². The van der Waals surface area contributed by atoms with Crippen LogP contribution in [0.3, 0.4) is 0 Å². The maximum Gasteiger partial charge on any atom is 0.0830 e. The summed E-state index contributed by atoms with van der Waals surface area (Å²) in [5.41, 5.74) is 15.7. The van der Waals surface area contributed by atoms with E-state index in [4.69, 9.17) is 10.7 Å². The van der Waals surface area contributed by atoms with Crippen LogP contribution in [0.5, 0.6) is 0 Å². The number of aromatic nitrogens is 1. The lowest BCUT2D eigenvalue weighted by Gasteiger charge is -2.29. The smallest absolute Gasteiger partial charge is 0.0830 e. The van der Waals surface area contributed by atoms with Gasteiger partial charge in [-0.25, -0.2) is 0 Å². The molecule has 130 valence electrons. The average Bonchev–Trinajstić information content (AvgIpc) is 3.32. The van der Waals surface area contributed by atoms with Gasteiger partial charge in [-0.3, -0.25) is 4.99 Å². The van der Waals surface area contributed by atoms with Gasteiger partial charge < -0.3 is 10.7 Å². The molecule has 3 nitrogen and oxygen atoms in total. The standard InChI is InChI=1S/C24H19N3/c25-14-9-10-16-19(11-14)15-5-1-2-7-18(15)24-20(16)12-23(27-24)21-13-26-22-8-4-3-6-17(21)22/h1-11,13,20,24,26H,12,25H2. The van der Waals surface area contributed by atoms with Gasteiger partial charge in [-0.05, 0) is 46.9 Å². The second-order valence-corrected chi connectivity index (χ2v) is 7.51. The minimum Gasteiger partial charge on any atom is -0.399 e. The largest absolute Gasteiger partial charge is 0.399 e. The molecule has 0 saturated carbocycles. The SMILES string of the molecule is Nc1ccc2c(c1)-c1ccccc1C1N=C(c3c[nH]c4ccccc34)CC21. The lowest BCUT2D eigenvalue weighted by atomic mass is 9.75. The lowest BCUT2D eigenvalue weighted by Crippen LogP contribution is -2.13. The molecule has 4 aromatic rings. The van der Waals surface area contributed by atoms with Crippen LogP contribution >= 0.6 is 0 Å². The molecule has 1 aliphatic carbocycles. The van der Waals surface area contributed by atoms with Crippen molar-refractivity contribution in [1.29, 1.82) is 0 Å². The molecule has 6 rings (SSSR count). The zero-order valence-corrected chi connectivity index (χ0v) is 14.8. The molecular formula is C24H19N3. The first kappa shape index (κ1) is 14.8. The van der Waals surface area contributed by atoms with E-state index in [1.165, 1.54) is 44.4 Å². The number of hydrogen-bond acceptors (Lipinski definition) is 2. The molecule has 27 heavy (non-hydrogen) atoms. The number of nitrogens with zero attached hydrogens (tertiary/aromatic N) is 1. The van der Waals surface area contributed by atoms with Crippen LogP contribution in [0.1, 0.15) is 35.1 Å². The minimum absolute atomic E-state index is 0.181. The quantitative estimate of drug-likeness (QED) is 0.441. The number of benzene rings is 3. The number of rotatable bonds is 1. The fraction of sp³-hybridized carbons (Fsp3) is 0.125. The first-order valence-electron chi connectivity index (χ1n) is 9.41. The van der Waals surface area contributed by atoms with Crippen LogP contribution in [0.4, 0.5) is 5.69 Å². The summed E-state index contributed by atoms with van der Waals surface area (Å²) in [5.74, 6) is 0.374. The summed E-state index contributed by atoms with van der Waals surface area (Å²) >= 11 is 0. The van der Waals surface area contributed by atoms with Gasteiger partial charge >= 0.3 is 0 Å². The van der Waals surface area contributed by atoms with Gasteiger partial charge in [-0.15, -0.1) is 0 Å². The van der Waals surface area contributed by atoms with Gasteiger partial charge in [0.05, 0.1) is 6.04 Å². The van der Waals surface area contributed by atoms with Crippen molar-refractivity contribution >= 4 is 22.3 Å². The number of nitrogens with one attached hydrogen (secondary N) is 1. The molecule has 3 heteroatoms. The van der Waals surface area contributed by atoms with Crippen LogP contribution in [-0.2, 0) is 0 Å². The number of H-pyrrole nitrogens is 1. The van der Waals surface area contributed by atoms with Gasteiger partial charge in [-0.1, -0.05) is 48.5 Å². The molecule has 3 N–H and O–H groups in total. The maximum absolute atomic E-state index is 6.11. The molecular weight excluding hydrogens is 330 g/mol. The van der Waals surface area contributed by atoms with Crippen LogP contribution in [0.15, 0.2) is 77.9 Å². The normalized spacial score (nSPS) is 20.1. The fourth-order valence-corrected chi connectivity index (χ4v) is 4.82. The molecule has 2 unspecified atom stereocenters. The Hall–Kier alpha value is -3.33. The van der Waals surface area contributed by atoms with Gasteiger partial charge in [0.15, 0.2) is 0 Å². The van der Waals surface area contributed by atoms with Gasteiger partial charge in [0.25, 0.3) is 0 Å². The number of fused-ring (bicyclic) bond motifs is 7. The summed E-state index contributed by atoms with van der Waals surface area (Å²) in [5, 5.41) is 1.25. The Balaban J connectivity index is 1.55. The molecule has 2 atom stereocenters. The van der Waals surface area contributed by atoms with Crippen molar-refractivity contribution in [2.75, 3.05) is 5.73 Å². The van der Waals surface area contributed by atoms with E-state index in [1.54, 1.807) is 0 Å². The van der Waals surface area contributed by atoms with E-state index in [-0.39, 0.29) is 6.04 Å². The van der Waals surface area contributed by atoms with Crippen LogP contribution in [0, 0.1) is 0 Å². The summed E-state index contributed by atoms with van der Waals surface area (Å²) in [4.78, 5) is 8.63. The molecule has 1 aromatic heterocycles. The van der Waals surface area contributed by atoms with Crippen molar-refractivity contribution in [3.8, 4) is 11.1 Å². The van der Waals surface area contributed by atoms with Gasteiger partial charge in [0, 0.05) is 40.0 Å². The highest BCUT2D eigenvalue weighted by molar-refractivity contribution is 6.12. The number of aromatic amines is 1. The monoisotopic (exact) mass is 349 g/mol. The van der Waals surface area contributed by atoms with Crippen molar-refractivity contribution in [2.45, 2.75) is 18.4 Å². The Morgan fingerprint density at radius 3 is 2.67 bits per heavy atom. The van der Waals surface area contributed by atoms with Crippen molar-refractivity contribution in [2.24, 2.45) is 4.99 Å². The topological polar surface area (TPSA) is 54.2 Å². The number of nitrogens with two attached hydrogens (primary N) is 1. The molecule has 2 heterocycles. The highest BCUT2D eigenvalue weighted by Gasteiger charge is 2.38. The van der Waals surface area contributed by atoms with Crippen LogP contribution in [0.25, 0.3) is 22.0 Å². The van der Waals surface area contributed by atoms with Gasteiger partial charge in [0.1, 0.15) is 0 Å². The number of aliphatic imine (C=N–C) groups is 1. The van der Waals surface area contributed by atoms with E-state index in [1.807, 2.05) is 6.07 Å². The number of para-hydroxylation sites is 1. The second-order valence-electron chi connectivity index (χ2n) is 7.51. The minimum atomic E-state index is 0.181. The van der Waals surface area contributed by atoms with E-state index in [0.29, 0.717) is 5.92 Å². The second kappa shape index (κ2) is 5.34. The molecule has 0 fully saturated rings. The fourth-order valence-electron chi connectivity index (χ4n) is 4.82. The third-order valence-electron chi connectivity index (χ3n) is 6.04. The van der Waals surface area contributed by atoms with E-state index in [9.17, 15) is 0 Å². The molecule has 2 aliphatic rings. The van der Waals surface area contributed by atoms with Crippen LogP contribution < -0.4 is 5.73 Å². The first-order valence-corrected chi connectivity index (χ1v) is 9.41. The Morgan fingerprint density at radius 1 is 0.852 bits per heavy atom. The Labute approximate surface area is 157 Å². The predicted molar refractivity (Wildman–Crippen MR) is 111 cm³/mol. The molecule has 0 bridgehead atoms. The molecule has 1 aliphatic heterocycles. The first-order chi connectivity index (χ1) is 13.3. The summed E-state index contributed by atoms with van der Waals surface area (Å²) in [6.07, 6.45) is 3.06. The maximum atomic E-state index is 6.11. The Morgan fingerprint density at radius 2 is 1.70 bits per heavy atom. The van der Waals surface area contributed by atoms with E-state index in [2.05, 4.69) is 71.8 Å². The number of hydrogen-bond donors (Lipinski definition) is 2. The van der Waals surface area contributed by atoms with Crippen LogP contribution in [0.2, 0.25) is 0 Å². The Bertz CT molecular complexity index is 1230. The molecule has 0 spiro atoms. The van der Waals surface area contributed by atoms with Crippen molar-refractivity contribution in [3.63, 3.8) is 0 Å². The van der Waals surface area contributed by atoms with Crippen molar-refractivity contribution in [3.05, 3.63) is 89.6 Å². The number of nitrogen functional groups attached to an aromatic ring is 1. The van der Waals surface area contributed by atoms with E-state index in [0.717, 1.165) is 12.1 Å². The third kappa shape index (κ3) is 2.05. The zero-order chi connectivity index (χ0) is 18.0. The summed E-state index contributed by atoms with van der Waals surface area (Å²) in [7, 11) is 0.